The molecule has 16 heavy (non-hydrogen) atoms. The molecule has 1 aromatic rings. The first-order chi connectivity index (χ1) is 7.41. The minimum absolute atomic E-state index is 0.151. The number of esters is 1. The summed E-state index contributed by atoms with van der Waals surface area (Å²) in [5, 5.41) is 10.6. The molecule has 0 atom stereocenters. The Balaban J connectivity index is 3.03. The number of rotatable bonds is 3. The molecule has 0 aromatic heterocycles. The Morgan fingerprint density at radius 1 is 1.50 bits per heavy atom. The molecule has 0 spiro atoms. The maximum Gasteiger partial charge on any atom is 0.338 e. The number of nitrogens with zero attached hydrogens (tertiary/aromatic N) is 1. The van der Waals surface area contributed by atoms with E-state index in [1.165, 1.54) is 12.1 Å². The van der Waals surface area contributed by atoms with Crippen LogP contribution in [0.2, 0.25) is 0 Å². The summed E-state index contributed by atoms with van der Waals surface area (Å²) in [5.74, 6) is -0.577. The van der Waals surface area contributed by atoms with Gasteiger partial charge in [-0.05, 0) is 26.0 Å². The average Bonchev–Trinajstić information content (AvgIpc) is 2.16. The molecule has 0 saturated heterocycles. The highest BCUT2D eigenvalue weighted by atomic mass is 32.1. The van der Waals surface area contributed by atoms with E-state index in [0.29, 0.717) is 0 Å². The molecule has 1 rings (SSSR count). The maximum atomic E-state index is 11.5. The second-order valence-electron chi connectivity index (χ2n) is 3.41. The van der Waals surface area contributed by atoms with E-state index in [1.807, 2.05) is 0 Å². The van der Waals surface area contributed by atoms with Gasteiger partial charge in [0, 0.05) is 6.07 Å². The lowest BCUT2D eigenvalue weighted by molar-refractivity contribution is -0.387. The number of carbonyl (C=O) groups excluding carboxylic acids is 1. The monoisotopic (exact) mass is 241 g/mol. The molecule has 0 radical (unpaired) electrons. The van der Waals surface area contributed by atoms with Gasteiger partial charge < -0.3 is 4.74 Å². The number of hydrogen-bond acceptors (Lipinski definition) is 5. The molecule has 0 saturated carbocycles. The van der Waals surface area contributed by atoms with Crippen molar-refractivity contribution in [3.8, 4) is 0 Å². The van der Waals surface area contributed by atoms with Gasteiger partial charge in [-0.2, -0.15) is 0 Å². The first-order valence-corrected chi connectivity index (χ1v) is 5.05. The molecular formula is C10H11NO4S. The van der Waals surface area contributed by atoms with Gasteiger partial charge in [-0.15, -0.1) is 12.6 Å². The zero-order chi connectivity index (χ0) is 12.3. The van der Waals surface area contributed by atoms with Gasteiger partial charge in [0.15, 0.2) is 0 Å². The van der Waals surface area contributed by atoms with Crippen LogP contribution in [0.3, 0.4) is 0 Å². The third-order valence-electron chi connectivity index (χ3n) is 1.75. The van der Waals surface area contributed by atoms with Crippen molar-refractivity contribution in [2.45, 2.75) is 24.8 Å². The molecule has 0 aliphatic rings. The fourth-order valence-electron chi connectivity index (χ4n) is 1.08. The van der Waals surface area contributed by atoms with Crippen molar-refractivity contribution in [1.29, 1.82) is 0 Å². The molecule has 0 amide bonds. The van der Waals surface area contributed by atoms with E-state index >= 15 is 0 Å². The molecular weight excluding hydrogens is 230 g/mol. The van der Waals surface area contributed by atoms with Crippen LogP contribution < -0.4 is 0 Å². The number of nitro benzene ring substituents is 1. The topological polar surface area (TPSA) is 69.4 Å². The molecule has 0 N–H and O–H groups in total. The Labute approximate surface area is 98.0 Å². The highest BCUT2D eigenvalue weighted by Crippen LogP contribution is 2.23. The summed E-state index contributed by atoms with van der Waals surface area (Å²) in [6, 6.07) is 4.01. The number of ether oxygens (including phenoxy) is 1. The van der Waals surface area contributed by atoms with Crippen LogP contribution in [0.25, 0.3) is 0 Å². The van der Waals surface area contributed by atoms with Gasteiger partial charge in [0.05, 0.1) is 21.5 Å². The van der Waals surface area contributed by atoms with Crippen LogP contribution >= 0.6 is 12.6 Å². The summed E-state index contributed by atoms with van der Waals surface area (Å²) in [6.07, 6.45) is -0.262. The Hall–Kier alpha value is -1.56. The van der Waals surface area contributed by atoms with Gasteiger partial charge in [-0.1, -0.05) is 0 Å². The van der Waals surface area contributed by atoms with E-state index in [1.54, 1.807) is 13.8 Å². The number of nitro groups is 1. The smallest absolute Gasteiger partial charge is 0.338 e. The molecule has 1 aromatic carbocycles. The van der Waals surface area contributed by atoms with E-state index in [0.717, 1.165) is 6.07 Å². The fraction of sp³-hybridized carbons (Fsp3) is 0.300. The van der Waals surface area contributed by atoms with Crippen molar-refractivity contribution in [2.75, 3.05) is 0 Å². The van der Waals surface area contributed by atoms with Crippen LogP contribution in [0.15, 0.2) is 23.1 Å². The van der Waals surface area contributed by atoms with Crippen molar-refractivity contribution >= 4 is 24.3 Å². The van der Waals surface area contributed by atoms with Crippen LogP contribution in [0.5, 0.6) is 0 Å². The summed E-state index contributed by atoms with van der Waals surface area (Å²) < 4.78 is 4.92. The van der Waals surface area contributed by atoms with E-state index in [9.17, 15) is 14.9 Å². The SMILES string of the molecule is CC(C)OC(=O)c1ccc(S)c([N+](=O)[O-])c1. The van der Waals surface area contributed by atoms with Crippen LogP contribution in [0.1, 0.15) is 24.2 Å². The van der Waals surface area contributed by atoms with Crippen LogP contribution in [-0.4, -0.2) is 17.0 Å². The van der Waals surface area contributed by atoms with Crippen molar-refractivity contribution in [1.82, 2.24) is 0 Å². The third kappa shape index (κ3) is 2.96. The maximum absolute atomic E-state index is 11.5. The number of thiol groups is 1. The lowest BCUT2D eigenvalue weighted by atomic mass is 10.2. The normalized spacial score (nSPS) is 10.2. The first-order valence-electron chi connectivity index (χ1n) is 4.60. The van der Waals surface area contributed by atoms with Crippen molar-refractivity contribution in [2.24, 2.45) is 0 Å². The van der Waals surface area contributed by atoms with Gasteiger partial charge in [-0.3, -0.25) is 10.1 Å². The van der Waals surface area contributed by atoms with Gasteiger partial charge in [0.25, 0.3) is 5.69 Å². The quantitative estimate of drug-likeness (QED) is 0.382. The summed E-state index contributed by atoms with van der Waals surface area (Å²) in [4.78, 5) is 21.7. The van der Waals surface area contributed by atoms with Crippen LogP contribution in [0.4, 0.5) is 5.69 Å². The predicted molar refractivity (Wildman–Crippen MR) is 60.9 cm³/mol. The molecule has 0 fully saturated rings. The third-order valence-corrected chi connectivity index (χ3v) is 2.13. The number of hydrogen-bond donors (Lipinski definition) is 1. The standard InChI is InChI=1S/C10H11NO4S/c1-6(2)15-10(12)7-3-4-9(16)8(5-7)11(13)14/h3-6,16H,1-2H3. The second-order valence-corrected chi connectivity index (χ2v) is 3.90. The highest BCUT2D eigenvalue weighted by molar-refractivity contribution is 7.80. The number of carbonyl (C=O) groups is 1. The molecule has 0 bridgehead atoms. The van der Waals surface area contributed by atoms with Crippen LogP contribution in [-0.2, 0) is 4.74 Å². The van der Waals surface area contributed by atoms with Gasteiger partial charge >= 0.3 is 5.97 Å². The number of benzene rings is 1. The van der Waals surface area contributed by atoms with Crippen LogP contribution in [0, 0.1) is 10.1 Å². The highest BCUT2D eigenvalue weighted by Gasteiger charge is 2.16. The first kappa shape index (κ1) is 12.5. The zero-order valence-electron chi connectivity index (χ0n) is 8.84. The molecule has 0 aliphatic carbocycles. The van der Waals surface area contributed by atoms with E-state index in [2.05, 4.69) is 12.6 Å². The van der Waals surface area contributed by atoms with E-state index in [-0.39, 0.29) is 22.3 Å². The molecule has 5 nitrogen and oxygen atoms in total. The lowest BCUT2D eigenvalue weighted by Crippen LogP contribution is -2.11. The molecule has 0 unspecified atom stereocenters. The summed E-state index contributed by atoms with van der Waals surface area (Å²) in [5.41, 5.74) is -0.0558. The Morgan fingerprint density at radius 2 is 2.12 bits per heavy atom. The van der Waals surface area contributed by atoms with Crippen molar-refractivity contribution < 1.29 is 14.5 Å². The Bertz CT molecular complexity index is 431. The van der Waals surface area contributed by atoms with Gasteiger partial charge in [0.2, 0.25) is 0 Å². The molecule has 0 heterocycles. The molecule has 0 aliphatic heterocycles. The summed E-state index contributed by atoms with van der Waals surface area (Å²) in [6.45, 7) is 3.42. The predicted octanol–water partition coefficient (Wildman–Crippen LogP) is 2.45. The van der Waals surface area contributed by atoms with Crippen molar-refractivity contribution in [3.63, 3.8) is 0 Å². The largest absolute Gasteiger partial charge is 0.459 e. The lowest BCUT2D eigenvalue weighted by Gasteiger charge is -2.07. The minimum atomic E-state index is -0.589. The minimum Gasteiger partial charge on any atom is -0.459 e. The molecule has 86 valence electrons. The zero-order valence-corrected chi connectivity index (χ0v) is 9.73. The van der Waals surface area contributed by atoms with Crippen molar-refractivity contribution in [3.05, 3.63) is 33.9 Å². The summed E-state index contributed by atoms with van der Waals surface area (Å²) in [7, 11) is 0. The fourth-order valence-corrected chi connectivity index (χ4v) is 1.30. The summed E-state index contributed by atoms with van der Waals surface area (Å²) >= 11 is 3.93. The Kier molecular flexibility index (Phi) is 3.89. The second kappa shape index (κ2) is 4.98. The van der Waals surface area contributed by atoms with E-state index in [4.69, 9.17) is 4.74 Å². The van der Waals surface area contributed by atoms with E-state index < -0.39 is 10.9 Å². The van der Waals surface area contributed by atoms with Gasteiger partial charge in [-0.25, -0.2) is 4.79 Å². The average molecular weight is 241 g/mol. The molecule has 6 heteroatoms. The van der Waals surface area contributed by atoms with Gasteiger partial charge in [0.1, 0.15) is 0 Å². The Morgan fingerprint density at radius 3 is 2.62 bits per heavy atom.